The van der Waals surface area contributed by atoms with E-state index in [4.69, 9.17) is 11.5 Å². The molecule has 0 fully saturated rings. The van der Waals surface area contributed by atoms with Gasteiger partial charge in [-0.05, 0) is 76.2 Å². The summed E-state index contributed by atoms with van der Waals surface area (Å²) >= 11 is 0. The van der Waals surface area contributed by atoms with Crippen LogP contribution < -0.4 is 22.1 Å². The van der Waals surface area contributed by atoms with Crippen LogP contribution in [0.15, 0.2) is 48.5 Å². The number of benzene rings is 2. The van der Waals surface area contributed by atoms with Crippen LogP contribution in [0.1, 0.15) is 66.9 Å². The molecule has 4 heterocycles. The maximum Gasteiger partial charge on any atom is 0.276 e. The summed E-state index contributed by atoms with van der Waals surface area (Å²) < 4.78 is 6.19. The van der Waals surface area contributed by atoms with Gasteiger partial charge in [-0.2, -0.15) is 10.2 Å². The first-order valence-electron chi connectivity index (χ1n) is 14.4. The molecular weight excluding hydrogens is 592 g/mol. The zero-order chi connectivity index (χ0) is 32.9. The molecule has 0 atom stereocenters. The lowest BCUT2D eigenvalue weighted by molar-refractivity contribution is 0.0992. The fourth-order valence-electron chi connectivity index (χ4n) is 5.28. The van der Waals surface area contributed by atoms with Crippen molar-refractivity contribution in [3.05, 3.63) is 82.4 Å². The average Bonchev–Trinajstić information content (AvgIpc) is 3.78. The van der Waals surface area contributed by atoms with E-state index in [9.17, 15) is 19.2 Å². The third-order valence-corrected chi connectivity index (χ3v) is 7.35. The number of fused-ring (bicyclic) bond motifs is 2. The van der Waals surface area contributed by atoms with Crippen LogP contribution in [0.3, 0.4) is 0 Å². The van der Waals surface area contributed by atoms with Crippen LogP contribution in [0, 0.1) is 13.8 Å². The zero-order valence-electron chi connectivity index (χ0n) is 25.4. The molecule has 16 nitrogen and oxygen atoms in total. The minimum Gasteiger partial charge on any atom is -0.366 e. The summed E-state index contributed by atoms with van der Waals surface area (Å²) in [4.78, 5) is 60.6. The first kappa shape index (κ1) is 29.7. The third-order valence-electron chi connectivity index (χ3n) is 7.35. The van der Waals surface area contributed by atoms with Crippen molar-refractivity contribution >= 4 is 57.6 Å². The number of nitrogens with zero attached hydrogens (tertiary/aromatic N) is 8. The monoisotopic (exact) mass is 622 g/mol. The Morgan fingerprint density at radius 1 is 0.652 bits per heavy atom. The Hall–Kier alpha value is -6.32. The van der Waals surface area contributed by atoms with Gasteiger partial charge in [0, 0.05) is 24.2 Å². The van der Waals surface area contributed by atoms with Crippen LogP contribution >= 0.6 is 0 Å². The lowest BCUT2D eigenvalue weighted by Gasteiger charge is -2.16. The van der Waals surface area contributed by atoms with E-state index in [0.717, 1.165) is 0 Å². The van der Waals surface area contributed by atoms with Crippen molar-refractivity contribution in [2.75, 3.05) is 10.6 Å². The van der Waals surface area contributed by atoms with E-state index in [1.807, 2.05) is 13.8 Å². The quantitative estimate of drug-likeness (QED) is 0.187. The van der Waals surface area contributed by atoms with Crippen molar-refractivity contribution in [2.45, 2.75) is 40.8 Å². The van der Waals surface area contributed by atoms with Crippen molar-refractivity contribution in [1.29, 1.82) is 0 Å². The van der Waals surface area contributed by atoms with Gasteiger partial charge in [0.25, 0.3) is 11.8 Å². The average molecular weight is 623 g/mol. The molecule has 0 aliphatic heterocycles. The molecule has 0 radical (unpaired) electrons. The highest BCUT2D eigenvalue weighted by Gasteiger charge is 2.25. The van der Waals surface area contributed by atoms with Gasteiger partial charge in [-0.1, -0.05) is 0 Å². The number of aromatic nitrogens is 8. The van der Waals surface area contributed by atoms with Gasteiger partial charge in [-0.25, -0.2) is 19.3 Å². The van der Waals surface area contributed by atoms with Gasteiger partial charge in [0.05, 0.1) is 33.5 Å². The van der Waals surface area contributed by atoms with Gasteiger partial charge in [0.1, 0.15) is 11.4 Å². The minimum absolute atomic E-state index is 0.0337. The Balaban J connectivity index is 1.59. The molecule has 4 amide bonds. The van der Waals surface area contributed by atoms with E-state index in [-0.39, 0.29) is 23.0 Å². The number of primary amides is 2. The molecule has 0 aliphatic carbocycles. The number of carbonyl (C=O) groups is 4. The predicted molar refractivity (Wildman–Crippen MR) is 168 cm³/mol. The maximum absolute atomic E-state index is 13.6. The fourth-order valence-corrected chi connectivity index (χ4v) is 5.28. The van der Waals surface area contributed by atoms with Crippen LogP contribution in [0.25, 0.3) is 22.1 Å². The highest BCUT2D eigenvalue weighted by Crippen LogP contribution is 2.29. The van der Waals surface area contributed by atoms with E-state index < -0.39 is 23.6 Å². The molecule has 0 saturated heterocycles. The van der Waals surface area contributed by atoms with Crippen molar-refractivity contribution in [1.82, 2.24) is 38.9 Å². The predicted octanol–water partition coefficient (Wildman–Crippen LogP) is 2.45. The van der Waals surface area contributed by atoms with E-state index >= 15 is 0 Å². The minimum atomic E-state index is -0.660. The summed E-state index contributed by atoms with van der Waals surface area (Å²) in [6.07, 6.45) is 0. The standard InChI is InChI=1S/C30H30N12O4/c1-5-39-23(11-15(3)37-39)27(45)35-29-33-19-13-17(25(31)43)7-9-21(19)41(29)42-22-10-8-18(26(32)44)14-20(22)34-30(42)36-28(46)24-12-16(4)38-40(24)6-2/h7-14H,5-6H2,1-4H3,(H2,31,43)(H2,32,44)(H,33,35,45)(H,34,36,46). The highest BCUT2D eigenvalue weighted by atomic mass is 16.2. The molecular formula is C30H30N12O4. The van der Waals surface area contributed by atoms with Crippen LogP contribution in [-0.2, 0) is 13.1 Å². The number of rotatable bonds is 9. The summed E-state index contributed by atoms with van der Waals surface area (Å²) in [6.45, 7) is 8.19. The molecule has 0 aliphatic rings. The Labute approximate surface area is 261 Å². The number of imidazole rings is 2. The summed E-state index contributed by atoms with van der Waals surface area (Å²) in [5, 5.41) is 14.4. The molecule has 16 heteroatoms. The molecule has 0 saturated carbocycles. The molecule has 6 aromatic rings. The normalized spacial score (nSPS) is 11.3. The van der Waals surface area contributed by atoms with Gasteiger partial charge in [-0.15, -0.1) is 0 Å². The van der Waals surface area contributed by atoms with Gasteiger partial charge >= 0.3 is 0 Å². The summed E-state index contributed by atoms with van der Waals surface area (Å²) in [7, 11) is 0. The second-order valence-corrected chi connectivity index (χ2v) is 10.5. The zero-order valence-corrected chi connectivity index (χ0v) is 25.4. The van der Waals surface area contributed by atoms with Crippen LogP contribution in [0.2, 0.25) is 0 Å². The van der Waals surface area contributed by atoms with Crippen LogP contribution in [0.4, 0.5) is 11.9 Å². The number of amides is 4. The second kappa shape index (κ2) is 11.3. The Bertz CT molecular complexity index is 2060. The van der Waals surface area contributed by atoms with Gasteiger partial charge in [-0.3, -0.25) is 39.2 Å². The number of nitrogens with one attached hydrogen (secondary N) is 2. The van der Waals surface area contributed by atoms with Crippen molar-refractivity contribution in [2.24, 2.45) is 11.5 Å². The smallest absolute Gasteiger partial charge is 0.276 e. The number of nitrogens with two attached hydrogens (primary N) is 2. The summed E-state index contributed by atoms with van der Waals surface area (Å²) in [5.41, 5.74) is 14.9. The van der Waals surface area contributed by atoms with E-state index in [0.29, 0.717) is 57.9 Å². The topological polar surface area (TPSA) is 216 Å². The first-order valence-corrected chi connectivity index (χ1v) is 14.4. The molecule has 2 aromatic carbocycles. The highest BCUT2D eigenvalue weighted by molar-refractivity contribution is 6.05. The van der Waals surface area contributed by atoms with Gasteiger partial charge < -0.3 is 11.5 Å². The van der Waals surface area contributed by atoms with E-state index in [1.165, 1.54) is 33.6 Å². The SMILES string of the molecule is CCn1nc(C)cc1C(=O)Nc1nc2cc(C(N)=O)ccc2n1-n1c(NC(=O)c2cc(C)nn2CC)nc2cc(C(N)=O)ccc21. The molecule has 234 valence electrons. The molecule has 0 spiro atoms. The van der Waals surface area contributed by atoms with E-state index in [2.05, 4.69) is 30.8 Å². The van der Waals surface area contributed by atoms with Gasteiger partial charge in [0.2, 0.25) is 23.7 Å². The number of hydrogen-bond acceptors (Lipinski definition) is 8. The van der Waals surface area contributed by atoms with Crippen molar-refractivity contribution < 1.29 is 19.2 Å². The fraction of sp³-hybridized carbons (Fsp3) is 0.200. The summed E-state index contributed by atoms with van der Waals surface area (Å²) in [6, 6.07) is 12.6. The third kappa shape index (κ3) is 5.10. The van der Waals surface area contributed by atoms with Crippen molar-refractivity contribution in [3.63, 3.8) is 0 Å². The second-order valence-electron chi connectivity index (χ2n) is 10.5. The Morgan fingerprint density at radius 2 is 1.04 bits per heavy atom. The number of hydrogen-bond donors (Lipinski definition) is 4. The van der Waals surface area contributed by atoms with Crippen molar-refractivity contribution in [3.8, 4) is 0 Å². The number of carbonyl (C=O) groups excluding carboxylic acids is 4. The number of aryl methyl sites for hydroxylation is 4. The van der Waals surface area contributed by atoms with Crippen LogP contribution in [0.5, 0.6) is 0 Å². The molecule has 0 bridgehead atoms. The first-order chi connectivity index (χ1) is 22.0. The molecule has 0 unspecified atom stereocenters. The van der Waals surface area contributed by atoms with Gasteiger partial charge in [0.15, 0.2) is 0 Å². The number of anilines is 2. The molecule has 6 N–H and O–H groups in total. The largest absolute Gasteiger partial charge is 0.366 e. The lowest BCUT2D eigenvalue weighted by Crippen LogP contribution is -2.24. The van der Waals surface area contributed by atoms with Crippen LogP contribution in [-0.4, -0.2) is 62.5 Å². The Kier molecular flexibility index (Phi) is 7.31. The molecule has 6 rings (SSSR count). The summed E-state index contributed by atoms with van der Waals surface area (Å²) in [5.74, 6) is -2.25. The lowest BCUT2D eigenvalue weighted by atomic mass is 10.2. The van der Waals surface area contributed by atoms with E-state index in [1.54, 1.807) is 47.5 Å². The molecule has 46 heavy (non-hydrogen) atoms. The maximum atomic E-state index is 13.6. The molecule has 4 aromatic heterocycles. The Morgan fingerprint density at radius 3 is 1.39 bits per heavy atom.